The molecule has 0 saturated carbocycles. The number of para-hydroxylation sites is 1. The minimum atomic E-state index is -0.561. The number of esters is 1. The van der Waals surface area contributed by atoms with Gasteiger partial charge in [-0.15, -0.1) is 0 Å². The van der Waals surface area contributed by atoms with Crippen LogP contribution in [0.1, 0.15) is 25.7 Å². The fourth-order valence-electron chi connectivity index (χ4n) is 3.55. The lowest BCUT2D eigenvalue weighted by Crippen LogP contribution is -2.50. The van der Waals surface area contributed by atoms with Crippen LogP contribution in [0.25, 0.3) is 0 Å². The Balaban J connectivity index is 1.41. The summed E-state index contributed by atoms with van der Waals surface area (Å²) in [4.78, 5) is 41.2. The predicted octanol–water partition coefficient (Wildman–Crippen LogP) is 1.42. The van der Waals surface area contributed by atoms with E-state index in [-0.39, 0.29) is 30.8 Å². The fourth-order valence-corrected chi connectivity index (χ4v) is 3.55. The van der Waals surface area contributed by atoms with Gasteiger partial charge in [-0.3, -0.25) is 14.4 Å². The average Bonchev–Trinajstić information content (AvgIpc) is 2.91. The normalized spacial score (nSPS) is 18.0. The molecule has 28 heavy (non-hydrogen) atoms. The number of halogens is 1. The summed E-state index contributed by atoms with van der Waals surface area (Å²) in [7, 11) is 0. The van der Waals surface area contributed by atoms with Gasteiger partial charge < -0.3 is 19.4 Å². The third-order valence-corrected chi connectivity index (χ3v) is 5.17. The van der Waals surface area contributed by atoms with Gasteiger partial charge in [-0.25, -0.2) is 4.39 Å². The lowest BCUT2D eigenvalue weighted by atomic mass is 10.2. The van der Waals surface area contributed by atoms with Gasteiger partial charge in [-0.1, -0.05) is 18.6 Å². The molecule has 1 aromatic rings. The molecule has 0 aromatic heterocycles. The number of carbonyl (C=O) groups is 3. The monoisotopic (exact) mass is 391 g/mol. The molecule has 0 N–H and O–H groups in total. The quantitative estimate of drug-likeness (QED) is 0.710. The first-order chi connectivity index (χ1) is 13.5. The number of amides is 2. The fraction of sp³-hybridized carbons (Fsp3) is 0.550. The molecule has 2 fully saturated rings. The number of anilines is 1. The number of carbonyl (C=O) groups excluding carboxylic acids is 3. The van der Waals surface area contributed by atoms with E-state index in [0.29, 0.717) is 44.8 Å². The summed E-state index contributed by atoms with van der Waals surface area (Å²) < 4.78 is 19.0. The Morgan fingerprint density at radius 1 is 1.00 bits per heavy atom. The number of piperazine rings is 1. The van der Waals surface area contributed by atoms with Gasteiger partial charge in [-0.2, -0.15) is 0 Å². The summed E-state index contributed by atoms with van der Waals surface area (Å²) in [5, 5.41) is 0. The molecular formula is C20H26FN3O4. The Kier molecular flexibility index (Phi) is 6.84. The van der Waals surface area contributed by atoms with Crippen LogP contribution in [0.3, 0.4) is 0 Å². The minimum absolute atomic E-state index is 0.0370. The molecule has 3 rings (SSSR count). The Morgan fingerprint density at radius 3 is 2.50 bits per heavy atom. The van der Waals surface area contributed by atoms with Crippen LogP contribution in [0.4, 0.5) is 10.1 Å². The molecule has 2 amide bonds. The topological polar surface area (TPSA) is 70.2 Å². The Labute approximate surface area is 164 Å². The zero-order chi connectivity index (χ0) is 19.9. The molecule has 2 aliphatic rings. The van der Waals surface area contributed by atoms with Gasteiger partial charge in [-0.05, 0) is 25.0 Å². The van der Waals surface area contributed by atoms with Crippen molar-refractivity contribution in [1.82, 2.24) is 9.80 Å². The maximum Gasteiger partial charge on any atom is 0.326 e. The van der Waals surface area contributed by atoms with Gasteiger partial charge in [0.2, 0.25) is 5.91 Å². The zero-order valence-corrected chi connectivity index (χ0v) is 15.9. The SMILES string of the molecule is O=C(CN1CCCCCC1=O)OCC(=O)N1CCN(c2ccccc2F)CC1. The first-order valence-electron chi connectivity index (χ1n) is 9.75. The van der Waals surface area contributed by atoms with Crippen molar-refractivity contribution in [3.63, 3.8) is 0 Å². The highest BCUT2D eigenvalue weighted by molar-refractivity contribution is 5.84. The number of benzene rings is 1. The van der Waals surface area contributed by atoms with E-state index in [1.165, 1.54) is 11.0 Å². The molecule has 0 radical (unpaired) electrons. The van der Waals surface area contributed by atoms with Crippen molar-refractivity contribution in [2.45, 2.75) is 25.7 Å². The standard InChI is InChI=1S/C20H26FN3O4/c21-16-6-3-4-7-17(16)22-10-12-23(13-11-22)19(26)15-28-20(27)14-24-9-5-1-2-8-18(24)25/h3-4,6-7H,1-2,5,8-15H2. The summed E-state index contributed by atoms with van der Waals surface area (Å²) >= 11 is 0. The minimum Gasteiger partial charge on any atom is -0.454 e. The van der Waals surface area contributed by atoms with Crippen LogP contribution in [0.15, 0.2) is 24.3 Å². The van der Waals surface area contributed by atoms with Crippen LogP contribution >= 0.6 is 0 Å². The number of likely N-dealkylation sites (tertiary alicyclic amines) is 1. The summed E-state index contributed by atoms with van der Waals surface area (Å²) in [5.41, 5.74) is 0.531. The van der Waals surface area contributed by atoms with Crippen LogP contribution in [0.2, 0.25) is 0 Å². The van der Waals surface area contributed by atoms with Gasteiger partial charge in [0, 0.05) is 39.1 Å². The molecule has 0 bridgehead atoms. The second-order valence-corrected chi connectivity index (χ2v) is 7.11. The lowest BCUT2D eigenvalue weighted by Gasteiger charge is -2.36. The highest BCUT2D eigenvalue weighted by Gasteiger charge is 2.24. The molecule has 2 heterocycles. The van der Waals surface area contributed by atoms with E-state index >= 15 is 0 Å². The molecular weight excluding hydrogens is 365 g/mol. The molecule has 152 valence electrons. The van der Waals surface area contributed by atoms with Gasteiger partial charge in [0.05, 0.1) is 5.69 Å². The third-order valence-electron chi connectivity index (χ3n) is 5.17. The maximum atomic E-state index is 13.9. The molecule has 2 aliphatic heterocycles. The van der Waals surface area contributed by atoms with Crippen LogP contribution in [-0.4, -0.2) is 73.5 Å². The van der Waals surface area contributed by atoms with Gasteiger partial charge in [0.25, 0.3) is 5.91 Å². The molecule has 0 atom stereocenters. The summed E-state index contributed by atoms with van der Waals surface area (Å²) in [6, 6.07) is 6.57. The zero-order valence-electron chi connectivity index (χ0n) is 15.9. The lowest BCUT2D eigenvalue weighted by molar-refractivity contribution is -0.154. The van der Waals surface area contributed by atoms with Crippen LogP contribution in [0.5, 0.6) is 0 Å². The highest BCUT2D eigenvalue weighted by atomic mass is 19.1. The molecule has 8 heteroatoms. The Morgan fingerprint density at radius 2 is 1.75 bits per heavy atom. The van der Waals surface area contributed by atoms with E-state index < -0.39 is 5.97 Å². The molecule has 0 unspecified atom stereocenters. The van der Waals surface area contributed by atoms with Crippen molar-refractivity contribution in [2.75, 3.05) is 50.8 Å². The Bertz CT molecular complexity index is 719. The van der Waals surface area contributed by atoms with E-state index in [1.54, 1.807) is 23.1 Å². The van der Waals surface area contributed by atoms with Crippen LogP contribution in [0, 0.1) is 5.82 Å². The van der Waals surface area contributed by atoms with E-state index in [1.807, 2.05) is 4.90 Å². The summed E-state index contributed by atoms with van der Waals surface area (Å²) in [6.45, 7) is 2.03. The molecule has 2 saturated heterocycles. The van der Waals surface area contributed by atoms with E-state index in [0.717, 1.165) is 19.3 Å². The van der Waals surface area contributed by atoms with Gasteiger partial charge >= 0.3 is 5.97 Å². The first-order valence-corrected chi connectivity index (χ1v) is 9.75. The maximum absolute atomic E-state index is 13.9. The predicted molar refractivity (Wildman–Crippen MR) is 101 cm³/mol. The average molecular weight is 391 g/mol. The second kappa shape index (κ2) is 9.52. The highest BCUT2D eigenvalue weighted by Crippen LogP contribution is 2.20. The van der Waals surface area contributed by atoms with Crippen molar-refractivity contribution in [3.05, 3.63) is 30.1 Å². The van der Waals surface area contributed by atoms with Crippen molar-refractivity contribution in [3.8, 4) is 0 Å². The number of ether oxygens (including phenoxy) is 1. The van der Waals surface area contributed by atoms with Crippen molar-refractivity contribution < 1.29 is 23.5 Å². The molecule has 0 aliphatic carbocycles. The first kappa shape index (κ1) is 20.1. The molecule has 7 nitrogen and oxygen atoms in total. The van der Waals surface area contributed by atoms with E-state index in [4.69, 9.17) is 4.74 Å². The number of hydrogen-bond acceptors (Lipinski definition) is 5. The largest absolute Gasteiger partial charge is 0.454 e. The smallest absolute Gasteiger partial charge is 0.326 e. The van der Waals surface area contributed by atoms with E-state index in [9.17, 15) is 18.8 Å². The Hall–Kier alpha value is -2.64. The summed E-state index contributed by atoms with van der Waals surface area (Å²) in [5.74, 6) is -1.15. The van der Waals surface area contributed by atoms with Gasteiger partial charge in [0.1, 0.15) is 12.4 Å². The third kappa shape index (κ3) is 5.21. The second-order valence-electron chi connectivity index (χ2n) is 7.11. The van der Waals surface area contributed by atoms with Crippen molar-refractivity contribution in [2.24, 2.45) is 0 Å². The van der Waals surface area contributed by atoms with E-state index in [2.05, 4.69) is 0 Å². The molecule has 0 spiro atoms. The van der Waals surface area contributed by atoms with Crippen LogP contribution in [-0.2, 0) is 19.1 Å². The summed E-state index contributed by atoms with van der Waals surface area (Å²) in [6.07, 6.45) is 3.17. The van der Waals surface area contributed by atoms with Crippen molar-refractivity contribution >= 4 is 23.5 Å². The van der Waals surface area contributed by atoms with Gasteiger partial charge in [0.15, 0.2) is 6.61 Å². The van der Waals surface area contributed by atoms with Crippen molar-refractivity contribution in [1.29, 1.82) is 0 Å². The molecule has 1 aromatic carbocycles. The number of rotatable bonds is 5. The number of hydrogen-bond donors (Lipinski definition) is 0. The number of nitrogens with zero attached hydrogens (tertiary/aromatic N) is 3. The van der Waals surface area contributed by atoms with Crippen LogP contribution < -0.4 is 4.90 Å².